The molecule has 0 bridgehead atoms. The molecule has 18 heavy (non-hydrogen) atoms. The van der Waals surface area contributed by atoms with Crippen LogP contribution in [0.1, 0.15) is 16.6 Å². The molecular formula is C11H12Br3NO2S. The molecule has 1 aliphatic heterocycles. The van der Waals surface area contributed by atoms with Gasteiger partial charge in [0.2, 0.25) is 0 Å². The quantitative estimate of drug-likeness (QED) is 0.625. The van der Waals surface area contributed by atoms with Crippen molar-refractivity contribution in [3.63, 3.8) is 0 Å². The van der Waals surface area contributed by atoms with Gasteiger partial charge >= 0.3 is 0 Å². The molecule has 0 radical (unpaired) electrons. The minimum atomic E-state index is 0.0770. The van der Waals surface area contributed by atoms with Gasteiger partial charge in [0.1, 0.15) is 0 Å². The number of nitrogens with zero attached hydrogens (tertiary/aromatic N) is 1. The zero-order valence-electron chi connectivity index (χ0n) is 9.66. The van der Waals surface area contributed by atoms with Crippen LogP contribution in [-0.4, -0.2) is 41.4 Å². The second-order valence-corrected chi connectivity index (χ2v) is 8.02. The first-order chi connectivity index (χ1) is 8.52. The first-order valence-corrected chi connectivity index (χ1v) is 8.98. The van der Waals surface area contributed by atoms with Crippen LogP contribution in [0.25, 0.3) is 0 Å². The van der Waals surface area contributed by atoms with E-state index in [9.17, 15) is 4.79 Å². The third-order valence-corrected chi connectivity index (χ3v) is 6.76. The lowest BCUT2D eigenvalue weighted by atomic mass is 10.2. The molecule has 0 aromatic carbocycles. The molecule has 1 aliphatic rings. The van der Waals surface area contributed by atoms with E-state index in [-0.39, 0.29) is 18.1 Å². The molecule has 0 saturated carbocycles. The highest BCUT2D eigenvalue weighted by Crippen LogP contribution is 2.33. The van der Waals surface area contributed by atoms with Gasteiger partial charge in [-0.25, -0.2) is 0 Å². The minimum absolute atomic E-state index is 0.0770. The number of morpholine rings is 1. The zero-order chi connectivity index (χ0) is 13.3. The zero-order valence-corrected chi connectivity index (χ0v) is 15.2. The number of amides is 1. The highest BCUT2D eigenvalue weighted by atomic mass is 79.9. The van der Waals surface area contributed by atoms with E-state index in [0.29, 0.717) is 13.2 Å². The standard InChI is InChI=1S/C11H12Br3NO2S/c1-6-5-17-7(3-12)4-15(6)11(16)9-2-8(13)10(14)18-9/h2,6-7H,3-5H2,1H3. The van der Waals surface area contributed by atoms with Crippen LogP contribution in [0.3, 0.4) is 0 Å². The van der Waals surface area contributed by atoms with Gasteiger partial charge in [-0.05, 0) is 44.8 Å². The monoisotopic (exact) mass is 459 g/mol. The summed E-state index contributed by atoms with van der Waals surface area (Å²) in [6, 6.07) is 1.98. The van der Waals surface area contributed by atoms with Crippen molar-refractivity contribution in [3.8, 4) is 0 Å². The average Bonchev–Trinajstić information content (AvgIpc) is 2.69. The maximum Gasteiger partial charge on any atom is 0.264 e. The number of hydrogen-bond acceptors (Lipinski definition) is 3. The lowest BCUT2D eigenvalue weighted by Crippen LogP contribution is -2.51. The largest absolute Gasteiger partial charge is 0.373 e. The molecule has 0 N–H and O–H groups in total. The van der Waals surface area contributed by atoms with Crippen LogP contribution in [-0.2, 0) is 4.74 Å². The van der Waals surface area contributed by atoms with Crippen molar-refractivity contribution >= 4 is 65.0 Å². The Morgan fingerprint density at radius 3 is 2.89 bits per heavy atom. The first kappa shape index (κ1) is 15.0. The molecule has 1 fully saturated rings. The van der Waals surface area contributed by atoms with E-state index in [2.05, 4.69) is 47.8 Å². The lowest BCUT2D eigenvalue weighted by Gasteiger charge is -2.37. The number of alkyl halides is 1. The third-order valence-electron chi connectivity index (χ3n) is 2.79. The van der Waals surface area contributed by atoms with Crippen molar-refractivity contribution in [2.24, 2.45) is 0 Å². The van der Waals surface area contributed by atoms with E-state index in [1.807, 2.05) is 17.9 Å². The molecule has 2 unspecified atom stereocenters. The summed E-state index contributed by atoms with van der Waals surface area (Å²) in [6.45, 7) is 3.24. The van der Waals surface area contributed by atoms with Gasteiger partial charge in [0.05, 0.1) is 27.4 Å². The van der Waals surface area contributed by atoms with Crippen molar-refractivity contribution in [2.75, 3.05) is 18.5 Å². The van der Waals surface area contributed by atoms with Gasteiger partial charge in [-0.3, -0.25) is 4.79 Å². The third kappa shape index (κ3) is 3.17. The lowest BCUT2D eigenvalue weighted by molar-refractivity contribution is -0.0359. The molecule has 1 aromatic rings. The van der Waals surface area contributed by atoms with Crippen LogP contribution in [0.2, 0.25) is 0 Å². The summed E-state index contributed by atoms with van der Waals surface area (Å²) in [4.78, 5) is 15.1. The predicted octanol–water partition coefficient (Wildman–Crippen LogP) is 3.90. The van der Waals surface area contributed by atoms with Gasteiger partial charge in [-0.1, -0.05) is 15.9 Å². The van der Waals surface area contributed by atoms with E-state index in [1.165, 1.54) is 11.3 Å². The van der Waals surface area contributed by atoms with Crippen LogP contribution < -0.4 is 0 Å². The molecule has 1 amide bonds. The number of hydrogen-bond donors (Lipinski definition) is 0. The molecule has 2 rings (SSSR count). The van der Waals surface area contributed by atoms with Gasteiger partial charge in [-0.2, -0.15) is 0 Å². The molecule has 2 atom stereocenters. The SMILES string of the molecule is CC1COC(CBr)CN1C(=O)c1cc(Br)c(Br)s1. The Morgan fingerprint density at radius 1 is 1.61 bits per heavy atom. The van der Waals surface area contributed by atoms with Crippen molar-refractivity contribution in [1.29, 1.82) is 0 Å². The number of thiophene rings is 1. The van der Waals surface area contributed by atoms with E-state index in [0.717, 1.165) is 18.5 Å². The number of carbonyl (C=O) groups excluding carboxylic acids is 1. The smallest absolute Gasteiger partial charge is 0.264 e. The van der Waals surface area contributed by atoms with Crippen molar-refractivity contribution in [1.82, 2.24) is 4.90 Å². The Morgan fingerprint density at radius 2 is 2.33 bits per heavy atom. The summed E-state index contributed by atoms with van der Waals surface area (Å²) in [5.41, 5.74) is 0. The Labute approximate surface area is 135 Å². The molecule has 7 heteroatoms. The first-order valence-electron chi connectivity index (χ1n) is 5.46. The summed E-state index contributed by atoms with van der Waals surface area (Å²) in [5, 5.41) is 0.751. The fraction of sp³-hybridized carbons (Fsp3) is 0.545. The fourth-order valence-electron chi connectivity index (χ4n) is 1.79. The Hall–Kier alpha value is 0.570. The summed E-state index contributed by atoms with van der Waals surface area (Å²) in [7, 11) is 0. The molecule has 1 saturated heterocycles. The molecule has 1 aromatic heterocycles. The van der Waals surface area contributed by atoms with Crippen LogP contribution in [0.4, 0.5) is 0 Å². The number of ether oxygens (including phenoxy) is 1. The summed E-state index contributed by atoms with van der Waals surface area (Å²) >= 11 is 11.7. The molecular weight excluding hydrogens is 450 g/mol. The Bertz CT molecular complexity index is 432. The second kappa shape index (κ2) is 6.35. The average molecular weight is 462 g/mol. The summed E-state index contributed by atoms with van der Waals surface area (Å²) < 4.78 is 7.50. The van der Waals surface area contributed by atoms with Crippen LogP contribution in [0, 0.1) is 0 Å². The van der Waals surface area contributed by atoms with Crippen molar-refractivity contribution in [2.45, 2.75) is 19.1 Å². The van der Waals surface area contributed by atoms with Gasteiger partial charge < -0.3 is 9.64 Å². The number of carbonyl (C=O) groups is 1. The van der Waals surface area contributed by atoms with E-state index < -0.39 is 0 Å². The van der Waals surface area contributed by atoms with Gasteiger partial charge in [-0.15, -0.1) is 11.3 Å². The summed E-state index contributed by atoms with van der Waals surface area (Å²) in [5.74, 6) is 0.0770. The number of halogens is 3. The maximum atomic E-state index is 12.5. The highest BCUT2D eigenvalue weighted by molar-refractivity contribution is 9.13. The molecule has 0 spiro atoms. The van der Waals surface area contributed by atoms with Gasteiger partial charge in [0.25, 0.3) is 5.91 Å². The van der Waals surface area contributed by atoms with Crippen LogP contribution >= 0.6 is 59.1 Å². The molecule has 3 nitrogen and oxygen atoms in total. The van der Waals surface area contributed by atoms with E-state index in [1.54, 1.807) is 0 Å². The van der Waals surface area contributed by atoms with E-state index in [4.69, 9.17) is 4.74 Å². The van der Waals surface area contributed by atoms with Gasteiger partial charge in [0, 0.05) is 16.3 Å². The number of rotatable bonds is 2. The topological polar surface area (TPSA) is 29.5 Å². The second-order valence-electron chi connectivity index (χ2n) is 4.15. The predicted molar refractivity (Wildman–Crippen MR) is 83.8 cm³/mol. The molecule has 100 valence electrons. The maximum absolute atomic E-state index is 12.5. The van der Waals surface area contributed by atoms with Gasteiger partial charge in [0.15, 0.2) is 0 Å². The normalized spacial score (nSPS) is 24.3. The molecule has 2 heterocycles. The summed E-state index contributed by atoms with van der Waals surface area (Å²) in [6.07, 6.45) is 0.0805. The minimum Gasteiger partial charge on any atom is -0.373 e. The molecule has 0 aliphatic carbocycles. The Kier molecular flexibility index (Phi) is 5.28. The van der Waals surface area contributed by atoms with E-state index >= 15 is 0 Å². The fourth-order valence-corrected chi connectivity index (χ4v) is 4.17. The van der Waals surface area contributed by atoms with Crippen molar-refractivity contribution < 1.29 is 9.53 Å². The Balaban J connectivity index is 2.16. The van der Waals surface area contributed by atoms with Crippen molar-refractivity contribution in [3.05, 3.63) is 19.2 Å². The van der Waals surface area contributed by atoms with Crippen LogP contribution in [0.5, 0.6) is 0 Å². The van der Waals surface area contributed by atoms with Crippen LogP contribution in [0.15, 0.2) is 14.3 Å². The highest BCUT2D eigenvalue weighted by Gasteiger charge is 2.30.